The van der Waals surface area contributed by atoms with E-state index in [9.17, 15) is 9.90 Å². The number of carbonyl (C=O) groups excluding carboxylic acids is 1. The number of rotatable bonds is 5. The molecule has 2 aromatic carbocycles. The summed E-state index contributed by atoms with van der Waals surface area (Å²) in [5.41, 5.74) is 3.43. The average Bonchev–Trinajstić information content (AvgIpc) is 3.36. The quantitative estimate of drug-likeness (QED) is 0.696. The van der Waals surface area contributed by atoms with Crippen molar-refractivity contribution in [3.63, 3.8) is 0 Å². The first-order chi connectivity index (χ1) is 16.7. The predicted octanol–water partition coefficient (Wildman–Crippen LogP) is 4.24. The molecule has 2 N–H and O–H groups in total. The third-order valence-corrected chi connectivity index (χ3v) is 8.05. The molecule has 6 nitrogen and oxygen atoms in total. The maximum Gasteiger partial charge on any atom is 0.317 e. The number of para-hydroxylation sites is 1. The normalized spacial score (nSPS) is 25.7. The minimum atomic E-state index is 0.0893. The van der Waals surface area contributed by atoms with Crippen LogP contribution in [-0.4, -0.2) is 72.4 Å². The highest BCUT2D eigenvalue weighted by atomic mass is 16.5. The van der Waals surface area contributed by atoms with Crippen LogP contribution in [0.3, 0.4) is 0 Å². The number of fused-ring (bicyclic) bond motifs is 1. The smallest absolute Gasteiger partial charge is 0.317 e. The van der Waals surface area contributed by atoms with Crippen LogP contribution < -0.4 is 10.1 Å². The number of urea groups is 1. The minimum absolute atomic E-state index is 0.0893. The molecule has 2 heterocycles. The fourth-order valence-corrected chi connectivity index (χ4v) is 6.23. The molecule has 34 heavy (non-hydrogen) atoms. The number of amides is 2. The van der Waals surface area contributed by atoms with Crippen molar-refractivity contribution < 1.29 is 14.6 Å². The number of aliphatic hydroxyl groups is 1. The molecule has 2 saturated heterocycles. The Morgan fingerprint density at radius 1 is 1.03 bits per heavy atom. The predicted molar refractivity (Wildman–Crippen MR) is 134 cm³/mol. The van der Waals surface area contributed by atoms with E-state index in [1.165, 1.54) is 18.4 Å². The number of hydrogen-bond acceptors (Lipinski definition) is 4. The molecule has 5 rings (SSSR count). The fraction of sp³-hybridized carbons (Fsp3) is 0.536. The molecule has 0 aromatic heterocycles. The molecule has 1 aliphatic carbocycles. The van der Waals surface area contributed by atoms with Crippen LogP contribution in [0.2, 0.25) is 0 Å². The number of aliphatic hydroxyl groups excluding tert-OH is 1. The number of ether oxygens (including phenoxy) is 1. The average molecular weight is 464 g/mol. The Hall–Kier alpha value is -2.57. The Bertz CT molecular complexity index is 973. The number of nitrogens with one attached hydrogen (secondary N) is 1. The van der Waals surface area contributed by atoms with Crippen molar-refractivity contribution >= 4 is 6.03 Å². The molecule has 0 bridgehead atoms. The molecule has 2 aliphatic heterocycles. The van der Waals surface area contributed by atoms with E-state index in [0.717, 1.165) is 55.6 Å². The number of methoxy groups -OCH3 is 1. The Balaban J connectivity index is 1.34. The first kappa shape index (κ1) is 23.2. The van der Waals surface area contributed by atoms with Gasteiger partial charge >= 0.3 is 6.03 Å². The Morgan fingerprint density at radius 3 is 2.50 bits per heavy atom. The molecule has 1 saturated carbocycles. The zero-order valence-electron chi connectivity index (χ0n) is 20.2. The lowest BCUT2D eigenvalue weighted by molar-refractivity contribution is -0.0591. The van der Waals surface area contributed by atoms with Gasteiger partial charge in [0.2, 0.25) is 0 Å². The summed E-state index contributed by atoms with van der Waals surface area (Å²) < 4.78 is 5.54. The molecular formula is C28H37N3O3. The van der Waals surface area contributed by atoms with E-state index in [1.54, 1.807) is 7.11 Å². The second-order valence-electron chi connectivity index (χ2n) is 9.99. The molecule has 2 amide bonds. The second-order valence-corrected chi connectivity index (χ2v) is 9.99. The van der Waals surface area contributed by atoms with Crippen LogP contribution in [0.25, 0.3) is 11.1 Å². The van der Waals surface area contributed by atoms with Crippen molar-refractivity contribution in [1.82, 2.24) is 15.1 Å². The zero-order chi connectivity index (χ0) is 23.5. The van der Waals surface area contributed by atoms with Crippen LogP contribution in [-0.2, 0) is 0 Å². The maximum atomic E-state index is 13.1. The van der Waals surface area contributed by atoms with E-state index in [-0.39, 0.29) is 30.6 Å². The highest BCUT2D eigenvalue weighted by Crippen LogP contribution is 2.42. The van der Waals surface area contributed by atoms with Gasteiger partial charge in [0.1, 0.15) is 5.75 Å². The summed E-state index contributed by atoms with van der Waals surface area (Å²) in [7, 11) is 1.70. The van der Waals surface area contributed by atoms with E-state index in [4.69, 9.17) is 4.74 Å². The lowest BCUT2D eigenvalue weighted by Gasteiger charge is -2.57. The molecule has 6 heteroatoms. The lowest BCUT2D eigenvalue weighted by atomic mass is 9.74. The van der Waals surface area contributed by atoms with E-state index < -0.39 is 0 Å². The van der Waals surface area contributed by atoms with Crippen LogP contribution >= 0.6 is 0 Å². The van der Waals surface area contributed by atoms with Gasteiger partial charge in [-0.1, -0.05) is 55.3 Å². The van der Waals surface area contributed by atoms with Crippen LogP contribution in [0, 0.1) is 0 Å². The second kappa shape index (κ2) is 10.4. The first-order valence-electron chi connectivity index (χ1n) is 12.8. The summed E-state index contributed by atoms with van der Waals surface area (Å²) >= 11 is 0. The standard InChI is InChI=1S/C28H37N3O3/c1-34-26-11-5-4-10-23(26)20-12-14-21(15-13-20)27-24-18-30(28(33)29-22-8-2-3-9-22)16-6-7-17-31(24)25(27)19-32/h4-5,10-15,22,24-25,27,32H,2-3,6-9,16-19H2,1H3,(H,29,33)/t24-,25+,27+/m1/s1. The topological polar surface area (TPSA) is 65.0 Å². The maximum absolute atomic E-state index is 13.1. The minimum Gasteiger partial charge on any atom is -0.496 e. The van der Waals surface area contributed by atoms with Crippen LogP contribution in [0.4, 0.5) is 4.79 Å². The van der Waals surface area contributed by atoms with Crippen LogP contribution in [0.1, 0.15) is 50.0 Å². The Kier molecular flexibility index (Phi) is 7.07. The van der Waals surface area contributed by atoms with Gasteiger partial charge in [0, 0.05) is 42.7 Å². The van der Waals surface area contributed by atoms with E-state index >= 15 is 0 Å². The number of hydrogen-bond donors (Lipinski definition) is 2. The Morgan fingerprint density at radius 2 is 1.76 bits per heavy atom. The SMILES string of the molecule is COc1ccccc1-c1ccc([C@H]2[C@H]3CN(C(=O)NC4CCCC4)CCCCN3[C@H]2CO)cc1. The fourth-order valence-electron chi connectivity index (χ4n) is 6.23. The van der Waals surface area contributed by atoms with Gasteiger partial charge in [-0.3, -0.25) is 4.90 Å². The third kappa shape index (κ3) is 4.53. The summed E-state index contributed by atoms with van der Waals surface area (Å²) in [5, 5.41) is 13.5. The van der Waals surface area contributed by atoms with Gasteiger partial charge in [0.05, 0.1) is 13.7 Å². The highest BCUT2D eigenvalue weighted by molar-refractivity contribution is 5.74. The molecule has 3 aliphatic rings. The van der Waals surface area contributed by atoms with Crippen LogP contribution in [0.5, 0.6) is 5.75 Å². The van der Waals surface area contributed by atoms with Gasteiger partial charge in [-0.25, -0.2) is 4.79 Å². The van der Waals surface area contributed by atoms with Gasteiger partial charge in [0.25, 0.3) is 0 Å². The largest absolute Gasteiger partial charge is 0.496 e. The van der Waals surface area contributed by atoms with E-state index in [2.05, 4.69) is 40.5 Å². The zero-order valence-corrected chi connectivity index (χ0v) is 20.2. The van der Waals surface area contributed by atoms with E-state index in [0.29, 0.717) is 12.6 Å². The van der Waals surface area contributed by atoms with Crippen molar-refractivity contribution in [2.45, 2.75) is 62.6 Å². The summed E-state index contributed by atoms with van der Waals surface area (Å²) in [6.07, 6.45) is 6.70. The number of nitrogens with zero attached hydrogens (tertiary/aromatic N) is 2. The van der Waals surface area contributed by atoms with E-state index in [1.807, 2.05) is 23.1 Å². The molecule has 182 valence electrons. The molecule has 0 unspecified atom stereocenters. The summed E-state index contributed by atoms with van der Waals surface area (Å²) in [5.74, 6) is 1.08. The Labute approximate surface area is 202 Å². The monoisotopic (exact) mass is 463 g/mol. The summed E-state index contributed by atoms with van der Waals surface area (Å²) in [6.45, 7) is 2.66. The number of benzene rings is 2. The molecular weight excluding hydrogens is 426 g/mol. The van der Waals surface area contributed by atoms with Gasteiger partial charge in [-0.05, 0) is 49.4 Å². The summed E-state index contributed by atoms with van der Waals surface area (Å²) in [6, 6.07) is 17.5. The van der Waals surface area contributed by atoms with Crippen molar-refractivity contribution in [1.29, 1.82) is 0 Å². The molecule has 3 atom stereocenters. The van der Waals surface area contributed by atoms with Crippen LogP contribution in [0.15, 0.2) is 48.5 Å². The number of carbonyl (C=O) groups is 1. The van der Waals surface area contributed by atoms with Crippen molar-refractivity contribution in [2.75, 3.05) is 33.4 Å². The van der Waals surface area contributed by atoms with Crippen molar-refractivity contribution in [2.24, 2.45) is 0 Å². The van der Waals surface area contributed by atoms with Gasteiger partial charge in [0.15, 0.2) is 0 Å². The lowest BCUT2D eigenvalue weighted by Crippen LogP contribution is -2.68. The molecule has 0 radical (unpaired) electrons. The first-order valence-corrected chi connectivity index (χ1v) is 12.8. The summed E-state index contributed by atoms with van der Waals surface area (Å²) in [4.78, 5) is 17.5. The van der Waals surface area contributed by atoms with Gasteiger partial charge in [-0.2, -0.15) is 0 Å². The molecule has 2 aromatic rings. The van der Waals surface area contributed by atoms with Gasteiger partial charge < -0.3 is 20.1 Å². The van der Waals surface area contributed by atoms with Gasteiger partial charge in [-0.15, -0.1) is 0 Å². The highest BCUT2D eigenvalue weighted by Gasteiger charge is 2.49. The van der Waals surface area contributed by atoms with Crippen molar-refractivity contribution in [3.05, 3.63) is 54.1 Å². The molecule has 3 fully saturated rings. The van der Waals surface area contributed by atoms with Crippen molar-refractivity contribution in [3.8, 4) is 16.9 Å². The molecule has 0 spiro atoms. The third-order valence-electron chi connectivity index (χ3n) is 8.05.